The van der Waals surface area contributed by atoms with Crippen LogP contribution in [0.5, 0.6) is 0 Å². The first-order chi connectivity index (χ1) is 11.1. The Kier molecular flexibility index (Phi) is 17.5. The number of nitrogens with zero attached hydrogens (tertiary/aromatic N) is 1. The fourth-order valence-corrected chi connectivity index (χ4v) is 2.16. The second-order valence-corrected chi connectivity index (χ2v) is 7.48. The number of hydrogen-bond donors (Lipinski definition) is 4. The van der Waals surface area contributed by atoms with Crippen LogP contribution in [0, 0.1) is 0 Å². The van der Waals surface area contributed by atoms with Crippen LogP contribution in [0.2, 0.25) is 0 Å². The smallest absolute Gasteiger partial charge is 0.177 e. The molecule has 0 aliphatic carbocycles. The van der Waals surface area contributed by atoms with Gasteiger partial charge in [0.15, 0.2) is 6.54 Å². The van der Waals surface area contributed by atoms with Gasteiger partial charge in [0, 0.05) is 6.42 Å². The molecule has 0 saturated carbocycles. The fraction of sp³-hybridized carbons (Fsp3) is 1.00. The molecule has 0 unspecified atom stereocenters. The molecule has 0 atom stereocenters. The molecule has 9 heteroatoms. The third-order valence-electron chi connectivity index (χ3n) is 3.52. The van der Waals surface area contributed by atoms with Crippen LogP contribution in [-0.4, -0.2) is 46.0 Å². The predicted octanol–water partition coefficient (Wildman–Crippen LogP) is 3.12. The summed E-state index contributed by atoms with van der Waals surface area (Å²) in [6.07, 6.45) is 14.8. The summed E-state index contributed by atoms with van der Waals surface area (Å²) in [7, 11) is -4.13. The van der Waals surface area contributed by atoms with Gasteiger partial charge in [-0.05, 0) is 6.42 Å². The summed E-state index contributed by atoms with van der Waals surface area (Å²) in [5, 5.41) is 25.9. The van der Waals surface area contributed by atoms with Crippen molar-refractivity contribution >= 4 is 10.1 Å². The lowest BCUT2D eigenvalue weighted by atomic mass is 10.1. The summed E-state index contributed by atoms with van der Waals surface area (Å²) in [6, 6.07) is 0. The van der Waals surface area contributed by atoms with Gasteiger partial charge in [-0.25, -0.2) is 8.42 Å². The lowest BCUT2D eigenvalue weighted by Gasteiger charge is -2.10. The van der Waals surface area contributed by atoms with Gasteiger partial charge in [-0.15, -0.1) is 15.6 Å². The Morgan fingerprint density at radius 2 is 1.08 bits per heavy atom. The van der Waals surface area contributed by atoms with Gasteiger partial charge < -0.3 is 10.3 Å². The molecule has 0 aromatic carbocycles. The van der Waals surface area contributed by atoms with E-state index in [1.807, 2.05) is 0 Å². The lowest BCUT2D eigenvalue weighted by Crippen LogP contribution is -2.37. The van der Waals surface area contributed by atoms with E-state index in [9.17, 15) is 13.0 Å². The molecule has 8 nitrogen and oxygen atoms in total. The van der Waals surface area contributed by atoms with E-state index >= 15 is 0 Å². The van der Waals surface area contributed by atoms with E-state index in [0.717, 1.165) is 12.8 Å². The van der Waals surface area contributed by atoms with Crippen molar-refractivity contribution in [1.82, 2.24) is 0 Å². The summed E-state index contributed by atoms with van der Waals surface area (Å²) in [5.41, 5.74) is 4.41. The van der Waals surface area contributed by atoms with E-state index < -0.39 is 21.0 Å². The third-order valence-corrected chi connectivity index (χ3v) is 3.92. The zero-order valence-electron chi connectivity index (χ0n) is 14.9. The molecule has 0 aromatic rings. The van der Waals surface area contributed by atoms with Crippen LogP contribution in [0.4, 0.5) is 0 Å². The highest BCUT2D eigenvalue weighted by Crippen LogP contribution is 2.12. The molecule has 0 fully saturated rings. The molecular weight excluding hydrogens is 336 g/mol. The summed E-state index contributed by atoms with van der Waals surface area (Å²) < 4.78 is 28.0. The number of quaternary nitrogens is 1. The van der Waals surface area contributed by atoms with Crippen molar-refractivity contribution < 1.29 is 33.6 Å². The molecular formula is C15H36N2O6S. The average Bonchev–Trinajstić information content (AvgIpc) is 2.47. The highest BCUT2D eigenvalue weighted by molar-refractivity contribution is 7.85. The number of unbranched alkanes of at least 4 members (excludes halogenated alkanes) is 11. The maximum Gasteiger partial charge on any atom is 0.177 e. The van der Waals surface area contributed by atoms with Crippen LogP contribution < -0.4 is 5.73 Å². The Bertz CT molecular complexity index is 357. The summed E-state index contributed by atoms with van der Waals surface area (Å²) >= 11 is 0. The molecule has 0 aromatic heterocycles. The normalized spacial score (nSPS) is 11.9. The molecule has 0 amide bonds. The minimum Gasteiger partial charge on any atom is -0.747 e. The van der Waals surface area contributed by atoms with Crippen LogP contribution in [-0.2, 0) is 10.1 Å². The Balaban J connectivity index is 0. The molecule has 24 heavy (non-hydrogen) atoms. The van der Waals surface area contributed by atoms with Crippen molar-refractivity contribution in [3.05, 3.63) is 0 Å². The van der Waals surface area contributed by atoms with Crippen molar-refractivity contribution in [2.24, 2.45) is 5.73 Å². The van der Waals surface area contributed by atoms with Gasteiger partial charge in [0.2, 0.25) is 0 Å². The minimum absolute atomic E-state index is 0.00255. The maximum atomic E-state index is 9.32. The molecule has 0 aliphatic rings. The van der Waals surface area contributed by atoms with Crippen LogP contribution >= 0.6 is 0 Å². The van der Waals surface area contributed by atoms with Gasteiger partial charge >= 0.3 is 0 Å². The predicted molar refractivity (Wildman–Crippen MR) is 90.3 cm³/mol. The van der Waals surface area contributed by atoms with Gasteiger partial charge in [0.1, 0.15) is 10.1 Å². The van der Waals surface area contributed by atoms with Gasteiger partial charge in [0.25, 0.3) is 0 Å². The van der Waals surface area contributed by atoms with E-state index in [1.165, 1.54) is 57.8 Å². The number of rotatable bonds is 14. The zero-order chi connectivity index (χ0) is 18.9. The number of nitrogens with two attached hydrogens (primary N) is 1. The van der Waals surface area contributed by atoms with Crippen LogP contribution in [0.1, 0.15) is 84.0 Å². The zero-order valence-corrected chi connectivity index (χ0v) is 15.7. The van der Waals surface area contributed by atoms with E-state index in [0.29, 0.717) is 6.42 Å². The van der Waals surface area contributed by atoms with Crippen molar-refractivity contribution in [3.63, 3.8) is 0 Å². The van der Waals surface area contributed by atoms with Gasteiger partial charge in [-0.2, -0.15) is 0 Å². The Hall–Kier alpha value is -0.290. The van der Waals surface area contributed by atoms with E-state index in [2.05, 4.69) is 12.7 Å². The Morgan fingerprint density at radius 3 is 1.33 bits per heavy atom. The molecule has 0 spiro atoms. The lowest BCUT2D eigenvalue weighted by molar-refractivity contribution is -1.37. The molecule has 0 aliphatic heterocycles. The second-order valence-electron chi connectivity index (χ2n) is 6.03. The number of hydroxylamine groups is 3. The van der Waals surface area contributed by atoms with E-state index in [1.54, 1.807) is 0 Å². The summed E-state index contributed by atoms with van der Waals surface area (Å²) in [6.45, 7) is 2.24. The van der Waals surface area contributed by atoms with E-state index in [-0.39, 0.29) is 6.54 Å². The van der Waals surface area contributed by atoms with Gasteiger partial charge in [0.05, 0.1) is 10.8 Å². The fourth-order valence-electron chi connectivity index (χ4n) is 2.16. The first-order valence-corrected chi connectivity index (χ1v) is 10.4. The first kappa shape index (κ1) is 25.9. The highest BCUT2D eigenvalue weighted by atomic mass is 32.2. The minimum atomic E-state index is -4.13. The van der Waals surface area contributed by atoms with Crippen molar-refractivity contribution in [2.45, 2.75) is 84.0 Å². The molecule has 148 valence electrons. The molecule has 0 saturated heterocycles. The summed E-state index contributed by atoms with van der Waals surface area (Å²) in [4.78, 5) is -1.88. The summed E-state index contributed by atoms with van der Waals surface area (Å²) in [5.74, 6) is -0.812. The van der Waals surface area contributed by atoms with Crippen LogP contribution in [0.25, 0.3) is 0 Å². The van der Waals surface area contributed by atoms with Crippen LogP contribution in [0.15, 0.2) is 0 Å². The molecule has 0 radical (unpaired) electrons. The largest absolute Gasteiger partial charge is 0.747 e. The molecule has 0 rings (SSSR count). The van der Waals surface area contributed by atoms with Crippen LogP contribution in [0.3, 0.4) is 0 Å². The molecule has 5 N–H and O–H groups in total. The molecule has 0 bridgehead atoms. The highest BCUT2D eigenvalue weighted by Gasteiger charge is 2.16. The average molecular weight is 373 g/mol. The van der Waals surface area contributed by atoms with E-state index in [4.69, 9.17) is 15.6 Å². The first-order valence-electron chi connectivity index (χ1n) is 8.82. The van der Waals surface area contributed by atoms with Crippen molar-refractivity contribution in [1.29, 1.82) is 0 Å². The Labute approximate surface area is 146 Å². The second kappa shape index (κ2) is 16.2. The Morgan fingerprint density at radius 1 is 0.792 bits per heavy atom. The monoisotopic (exact) mass is 372 g/mol. The third kappa shape index (κ3) is 29.7. The topological polar surface area (TPSA) is 144 Å². The molecule has 0 heterocycles. The number of hydrogen-bond acceptors (Lipinski definition) is 7. The van der Waals surface area contributed by atoms with Crippen molar-refractivity contribution in [3.8, 4) is 0 Å². The van der Waals surface area contributed by atoms with Gasteiger partial charge in [-0.1, -0.05) is 71.1 Å². The maximum absolute atomic E-state index is 9.32. The SMILES string of the molecule is CCCCCCCCCCCCCC[N+](O)(O)O.NCS(=O)(=O)[O-]. The quantitative estimate of drug-likeness (QED) is 0.159. The van der Waals surface area contributed by atoms with Gasteiger partial charge in [-0.3, -0.25) is 0 Å². The standard InChI is InChI=1S/C14H32NO3.CH5NO3S/c1-2-3-4-5-6-7-8-9-10-11-12-13-14-15(16,17)18;2-1-6(3,4)5/h16-18H,2-14H2,1H3;1-2H2,(H,3,4,5)/q+1;/p-1. The van der Waals surface area contributed by atoms with Crippen molar-refractivity contribution in [2.75, 3.05) is 12.4 Å².